The highest BCUT2D eigenvalue weighted by atomic mass is 16.4. The van der Waals surface area contributed by atoms with E-state index in [1.165, 1.54) is 6.20 Å². The number of carbonyl (C=O) groups is 2. The Hall–Kier alpha value is -2.63. The first-order chi connectivity index (χ1) is 10.1. The maximum absolute atomic E-state index is 11.2. The molecular weight excluding hydrogens is 270 g/mol. The van der Waals surface area contributed by atoms with E-state index < -0.39 is 5.97 Å². The van der Waals surface area contributed by atoms with Crippen molar-refractivity contribution in [2.75, 3.05) is 11.9 Å². The highest BCUT2D eigenvalue weighted by Gasteiger charge is 2.20. The number of hydrogen-bond donors (Lipinski definition) is 3. The van der Waals surface area contributed by atoms with Crippen molar-refractivity contribution in [2.45, 2.75) is 18.9 Å². The van der Waals surface area contributed by atoms with E-state index >= 15 is 0 Å². The summed E-state index contributed by atoms with van der Waals surface area (Å²) in [5, 5.41) is 16.7. The van der Waals surface area contributed by atoms with E-state index in [-0.39, 0.29) is 17.5 Å². The lowest BCUT2D eigenvalue weighted by Crippen LogP contribution is -2.32. The molecule has 2 heterocycles. The number of rotatable bonds is 4. The molecule has 1 aliphatic heterocycles. The van der Waals surface area contributed by atoms with E-state index in [0.717, 1.165) is 11.8 Å². The van der Waals surface area contributed by atoms with Crippen molar-refractivity contribution in [1.82, 2.24) is 10.3 Å². The number of nitrogens with zero attached hydrogens (tertiary/aromatic N) is 1. The highest BCUT2D eigenvalue weighted by Crippen LogP contribution is 2.24. The highest BCUT2D eigenvalue weighted by molar-refractivity contribution is 6.06. The van der Waals surface area contributed by atoms with Gasteiger partial charge in [0.05, 0.1) is 5.56 Å². The topological polar surface area (TPSA) is 91.3 Å². The molecule has 1 saturated heterocycles. The quantitative estimate of drug-likeness (QED) is 0.794. The standard InChI is InChI=1S/C15H15N3O3/c19-13-6-5-9(18-13)7-16-14-11-4-2-1-3-10(11)12(8-17-14)15(20)21/h1-4,8-9H,5-7H2,(H,16,17)(H,18,19)(H,20,21). The van der Waals surface area contributed by atoms with Crippen molar-refractivity contribution >= 4 is 28.5 Å². The van der Waals surface area contributed by atoms with Gasteiger partial charge in [-0.1, -0.05) is 24.3 Å². The van der Waals surface area contributed by atoms with Crippen LogP contribution in [0.1, 0.15) is 23.2 Å². The zero-order valence-corrected chi connectivity index (χ0v) is 11.3. The van der Waals surface area contributed by atoms with Gasteiger partial charge >= 0.3 is 5.97 Å². The number of carboxylic acid groups (broad SMARTS) is 1. The summed E-state index contributed by atoms with van der Waals surface area (Å²) < 4.78 is 0. The Balaban J connectivity index is 1.87. The minimum absolute atomic E-state index is 0.0702. The number of benzene rings is 1. The SMILES string of the molecule is O=C1CCC(CNc2ncc(C(=O)O)c3ccccc23)N1. The maximum atomic E-state index is 11.2. The molecule has 1 aromatic carbocycles. The number of pyridine rings is 1. The van der Waals surface area contributed by atoms with Crippen LogP contribution in [0.3, 0.4) is 0 Å². The van der Waals surface area contributed by atoms with Gasteiger partial charge in [0.2, 0.25) is 5.91 Å². The van der Waals surface area contributed by atoms with Crippen LogP contribution < -0.4 is 10.6 Å². The Morgan fingerprint density at radius 2 is 2.14 bits per heavy atom. The molecule has 0 aliphatic carbocycles. The predicted octanol–water partition coefficient (Wildman–Crippen LogP) is 1.62. The average molecular weight is 285 g/mol. The minimum Gasteiger partial charge on any atom is -0.478 e. The molecule has 3 rings (SSSR count). The van der Waals surface area contributed by atoms with Crippen LogP contribution in [0.2, 0.25) is 0 Å². The first-order valence-electron chi connectivity index (χ1n) is 6.79. The van der Waals surface area contributed by atoms with Crippen LogP contribution in [0.25, 0.3) is 10.8 Å². The summed E-state index contributed by atoms with van der Waals surface area (Å²) in [4.78, 5) is 26.6. The molecule has 0 saturated carbocycles. The van der Waals surface area contributed by atoms with Gasteiger partial charge in [-0.05, 0) is 6.42 Å². The summed E-state index contributed by atoms with van der Waals surface area (Å²) in [5.74, 6) is -0.286. The second kappa shape index (κ2) is 5.40. The molecule has 1 unspecified atom stereocenters. The molecule has 6 heteroatoms. The van der Waals surface area contributed by atoms with Crippen molar-refractivity contribution in [3.8, 4) is 0 Å². The van der Waals surface area contributed by atoms with Gasteiger partial charge < -0.3 is 15.7 Å². The van der Waals surface area contributed by atoms with E-state index in [9.17, 15) is 14.7 Å². The molecule has 21 heavy (non-hydrogen) atoms. The summed E-state index contributed by atoms with van der Waals surface area (Å²) in [7, 11) is 0. The molecule has 2 aromatic rings. The fourth-order valence-electron chi connectivity index (χ4n) is 2.55. The second-order valence-electron chi connectivity index (χ2n) is 5.06. The third-order valence-corrected chi connectivity index (χ3v) is 3.63. The average Bonchev–Trinajstić information content (AvgIpc) is 2.90. The predicted molar refractivity (Wildman–Crippen MR) is 78.4 cm³/mol. The van der Waals surface area contributed by atoms with E-state index in [1.54, 1.807) is 12.1 Å². The summed E-state index contributed by atoms with van der Waals surface area (Å²) in [6, 6.07) is 7.35. The fourth-order valence-corrected chi connectivity index (χ4v) is 2.55. The molecule has 0 bridgehead atoms. The van der Waals surface area contributed by atoms with Gasteiger partial charge in [-0.15, -0.1) is 0 Å². The van der Waals surface area contributed by atoms with Crippen LogP contribution in [0, 0.1) is 0 Å². The number of hydrogen-bond acceptors (Lipinski definition) is 4. The summed E-state index contributed by atoms with van der Waals surface area (Å²) >= 11 is 0. The summed E-state index contributed by atoms with van der Waals surface area (Å²) in [5.41, 5.74) is 0.185. The largest absolute Gasteiger partial charge is 0.478 e. The summed E-state index contributed by atoms with van der Waals surface area (Å²) in [6.07, 6.45) is 2.72. The van der Waals surface area contributed by atoms with E-state index in [4.69, 9.17) is 0 Å². The lowest BCUT2D eigenvalue weighted by molar-refractivity contribution is -0.119. The fraction of sp³-hybridized carbons (Fsp3) is 0.267. The van der Waals surface area contributed by atoms with E-state index in [0.29, 0.717) is 24.2 Å². The summed E-state index contributed by atoms with van der Waals surface area (Å²) in [6.45, 7) is 0.579. The van der Waals surface area contributed by atoms with Crippen molar-refractivity contribution in [3.63, 3.8) is 0 Å². The molecular formula is C15H15N3O3. The Bertz CT molecular complexity index is 714. The normalized spacial score (nSPS) is 17.7. The Kier molecular flexibility index (Phi) is 3.43. The Labute approximate surface area is 121 Å². The van der Waals surface area contributed by atoms with Crippen molar-refractivity contribution < 1.29 is 14.7 Å². The molecule has 1 aromatic heterocycles. The molecule has 108 valence electrons. The molecule has 6 nitrogen and oxygen atoms in total. The number of aromatic carboxylic acids is 1. The third-order valence-electron chi connectivity index (χ3n) is 3.63. The number of amides is 1. The zero-order chi connectivity index (χ0) is 14.8. The van der Waals surface area contributed by atoms with Gasteiger partial charge in [0.1, 0.15) is 5.82 Å². The van der Waals surface area contributed by atoms with Crippen molar-refractivity contribution in [3.05, 3.63) is 36.0 Å². The number of carbonyl (C=O) groups excluding carboxylic acids is 1. The first kappa shape index (κ1) is 13.4. The second-order valence-corrected chi connectivity index (χ2v) is 5.06. The molecule has 1 atom stereocenters. The number of fused-ring (bicyclic) bond motifs is 1. The lowest BCUT2D eigenvalue weighted by Gasteiger charge is -2.14. The molecule has 1 fully saturated rings. The minimum atomic E-state index is -0.992. The van der Waals surface area contributed by atoms with Crippen LogP contribution in [-0.2, 0) is 4.79 Å². The third kappa shape index (κ3) is 2.65. The van der Waals surface area contributed by atoms with Crippen LogP contribution in [0.4, 0.5) is 5.82 Å². The van der Waals surface area contributed by atoms with Gasteiger partial charge in [-0.3, -0.25) is 4.79 Å². The smallest absolute Gasteiger partial charge is 0.337 e. The number of nitrogens with one attached hydrogen (secondary N) is 2. The van der Waals surface area contributed by atoms with Gasteiger partial charge in [0.25, 0.3) is 0 Å². The van der Waals surface area contributed by atoms with Crippen LogP contribution in [-0.4, -0.2) is 34.6 Å². The lowest BCUT2D eigenvalue weighted by atomic mass is 10.1. The van der Waals surface area contributed by atoms with Crippen molar-refractivity contribution in [1.29, 1.82) is 0 Å². The molecule has 3 N–H and O–H groups in total. The monoisotopic (exact) mass is 285 g/mol. The first-order valence-corrected chi connectivity index (χ1v) is 6.79. The zero-order valence-electron chi connectivity index (χ0n) is 11.3. The molecule has 1 amide bonds. The van der Waals surface area contributed by atoms with Gasteiger partial charge in [0, 0.05) is 36.0 Å². The van der Waals surface area contributed by atoms with Crippen LogP contribution in [0.5, 0.6) is 0 Å². The Morgan fingerprint density at radius 3 is 2.81 bits per heavy atom. The number of anilines is 1. The number of carboxylic acids is 1. The van der Waals surface area contributed by atoms with Crippen molar-refractivity contribution in [2.24, 2.45) is 0 Å². The van der Waals surface area contributed by atoms with Crippen LogP contribution >= 0.6 is 0 Å². The van der Waals surface area contributed by atoms with E-state index in [2.05, 4.69) is 15.6 Å². The van der Waals surface area contributed by atoms with Gasteiger partial charge in [0.15, 0.2) is 0 Å². The maximum Gasteiger partial charge on any atom is 0.337 e. The van der Waals surface area contributed by atoms with E-state index in [1.807, 2.05) is 12.1 Å². The van der Waals surface area contributed by atoms with Gasteiger partial charge in [-0.2, -0.15) is 0 Å². The number of aromatic nitrogens is 1. The van der Waals surface area contributed by atoms with Gasteiger partial charge in [-0.25, -0.2) is 9.78 Å². The Morgan fingerprint density at radius 1 is 1.38 bits per heavy atom. The molecule has 1 aliphatic rings. The molecule has 0 radical (unpaired) electrons. The molecule has 0 spiro atoms. The van der Waals surface area contributed by atoms with Crippen LogP contribution in [0.15, 0.2) is 30.5 Å².